The molecule has 2 amide bonds. The summed E-state index contributed by atoms with van der Waals surface area (Å²) in [6, 6.07) is 12.7. The SMILES string of the molecule is COCCCNC(=O)c1ccccc1NC(=O)[C@H](C)Oc1ccc(C)cc1C. The van der Waals surface area contributed by atoms with Gasteiger partial charge in [0, 0.05) is 20.3 Å². The number of methoxy groups -OCH3 is 1. The van der Waals surface area contributed by atoms with Crippen molar-refractivity contribution in [3.8, 4) is 5.75 Å². The summed E-state index contributed by atoms with van der Waals surface area (Å²) in [7, 11) is 1.62. The summed E-state index contributed by atoms with van der Waals surface area (Å²) in [5, 5.41) is 5.62. The number of aryl methyl sites for hydroxylation is 2. The number of amides is 2. The first-order valence-electron chi connectivity index (χ1n) is 9.33. The van der Waals surface area contributed by atoms with E-state index in [-0.39, 0.29) is 11.8 Å². The normalized spacial score (nSPS) is 11.6. The summed E-state index contributed by atoms with van der Waals surface area (Å²) in [6.07, 6.45) is 0.0107. The van der Waals surface area contributed by atoms with Crippen molar-refractivity contribution >= 4 is 17.5 Å². The van der Waals surface area contributed by atoms with Gasteiger partial charge in [0.2, 0.25) is 0 Å². The van der Waals surface area contributed by atoms with Crippen LogP contribution in [0.5, 0.6) is 5.75 Å². The molecule has 28 heavy (non-hydrogen) atoms. The minimum atomic E-state index is -0.709. The fourth-order valence-electron chi connectivity index (χ4n) is 2.71. The molecule has 0 saturated heterocycles. The van der Waals surface area contributed by atoms with Crippen molar-refractivity contribution in [1.29, 1.82) is 0 Å². The standard InChI is InChI=1S/C22H28N2O4/c1-15-10-11-20(16(2)14-15)28-17(3)21(25)24-19-9-6-5-8-18(19)22(26)23-12-7-13-27-4/h5-6,8-11,14,17H,7,12-13H2,1-4H3,(H,23,26)(H,24,25)/t17-/m0/s1. The van der Waals surface area contributed by atoms with E-state index in [2.05, 4.69) is 10.6 Å². The topological polar surface area (TPSA) is 76.7 Å². The van der Waals surface area contributed by atoms with E-state index in [0.717, 1.165) is 17.5 Å². The first-order chi connectivity index (χ1) is 13.4. The minimum absolute atomic E-state index is 0.241. The number of carbonyl (C=O) groups is 2. The van der Waals surface area contributed by atoms with E-state index in [9.17, 15) is 9.59 Å². The molecule has 0 unspecified atom stereocenters. The molecule has 0 saturated carbocycles. The fraction of sp³-hybridized carbons (Fsp3) is 0.364. The Bertz CT molecular complexity index is 820. The molecule has 0 aromatic heterocycles. The zero-order valence-electron chi connectivity index (χ0n) is 16.9. The fourth-order valence-corrected chi connectivity index (χ4v) is 2.71. The molecule has 2 N–H and O–H groups in total. The smallest absolute Gasteiger partial charge is 0.265 e. The highest BCUT2D eigenvalue weighted by molar-refractivity contribution is 6.04. The van der Waals surface area contributed by atoms with Crippen LogP contribution in [0.2, 0.25) is 0 Å². The van der Waals surface area contributed by atoms with Crippen LogP contribution in [0, 0.1) is 13.8 Å². The van der Waals surface area contributed by atoms with E-state index in [1.165, 1.54) is 0 Å². The van der Waals surface area contributed by atoms with Gasteiger partial charge in [0.15, 0.2) is 6.10 Å². The first-order valence-corrected chi connectivity index (χ1v) is 9.33. The van der Waals surface area contributed by atoms with Crippen LogP contribution < -0.4 is 15.4 Å². The average Bonchev–Trinajstić information content (AvgIpc) is 2.67. The molecule has 0 aliphatic carbocycles. The maximum Gasteiger partial charge on any atom is 0.265 e. The number of hydrogen-bond donors (Lipinski definition) is 2. The summed E-state index contributed by atoms with van der Waals surface area (Å²) in [5.41, 5.74) is 2.96. The van der Waals surface area contributed by atoms with Gasteiger partial charge in [0.25, 0.3) is 11.8 Å². The van der Waals surface area contributed by atoms with Gasteiger partial charge in [0.1, 0.15) is 5.75 Å². The Labute approximate surface area is 166 Å². The highest BCUT2D eigenvalue weighted by Crippen LogP contribution is 2.21. The minimum Gasteiger partial charge on any atom is -0.481 e. The molecule has 0 aliphatic heterocycles. The first kappa shape index (κ1) is 21.4. The lowest BCUT2D eigenvalue weighted by Gasteiger charge is -2.18. The molecular formula is C22H28N2O4. The van der Waals surface area contributed by atoms with Crippen LogP contribution in [0.4, 0.5) is 5.69 Å². The molecule has 0 radical (unpaired) electrons. The number of benzene rings is 2. The molecule has 0 spiro atoms. The van der Waals surface area contributed by atoms with Crippen molar-refractivity contribution in [3.63, 3.8) is 0 Å². The molecule has 6 heteroatoms. The third kappa shape index (κ3) is 6.09. The van der Waals surface area contributed by atoms with E-state index >= 15 is 0 Å². The molecular weight excluding hydrogens is 356 g/mol. The highest BCUT2D eigenvalue weighted by Gasteiger charge is 2.19. The maximum atomic E-state index is 12.6. The van der Waals surface area contributed by atoms with Crippen molar-refractivity contribution in [2.75, 3.05) is 25.6 Å². The predicted octanol–water partition coefficient (Wildman–Crippen LogP) is 3.48. The Morgan fingerprint density at radius 2 is 1.86 bits per heavy atom. The summed E-state index contributed by atoms with van der Waals surface area (Å²) in [5.74, 6) is 0.104. The van der Waals surface area contributed by atoms with Crippen LogP contribution in [-0.2, 0) is 9.53 Å². The maximum absolute atomic E-state index is 12.6. The van der Waals surface area contributed by atoms with E-state index in [0.29, 0.717) is 30.2 Å². The highest BCUT2D eigenvalue weighted by atomic mass is 16.5. The number of nitrogens with one attached hydrogen (secondary N) is 2. The molecule has 6 nitrogen and oxygen atoms in total. The summed E-state index contributed by atoms with van der Waals surface area (Å²) >= 11 is 0. The van der Waals surface area contributed by atoms with Crippen molar-refractivity contribution in [2.24, 2.45) is 0 Å². The Morgan fingerprint density at radius 3 is 2.57 bits per heavy atom. The summed E-state index contributed by atoms with van der Waals surface area (Å²) in [4.78, 5) is 25.0. The average molecular weight is 384 g/mol. The lowest BCUT2D eigenvalue weighted by atomic mass is 10.1. The van der Waals surface area contributed by atoms with Crippen molar-refractivity contribution in [2.45, 2.75) is 33.3 Å². The zero-order chi connectivity index (χ0) is 20.5. The number of para-hydroxylation sites is 1. The molecule has 2 aromatic carbocycles. The second-order valence-corrected chi connectivity index (χ2v) is 6.67. The largest absolute Gasteiger partial charge is 0.481 e. The van der Waals surface area contributed by atoms with E-state index in [1.807, 2.05) is 32.0 Å². The Morgan fingerprint density at radius 1 is 1.11 bits per heavy atom. The zero-order valence-corrected chi connectivity index (χ0v) is 16.9. The lowest BCUT2D eigenvalue weighted by Crippen LogP contribution is -2.32. The number of ether oxygens (including phenoxy) is 2. The molecule has 150 valence electrons. The molecule has 0 fully saturated rings. The van der Waals surface area contributed by atoms with E-state index in [4.69, 9.17) is 9.47 Å². The number of anilines is 1. The van der Waals surface area contributed by atoms with E-state index in [1.54, 1.807) is 38.3 Å². The Hall–Kier alpha value is -2.86. The Kier molecular flexibility index (Phi) is 8.02. The van der Waals surface area contributed by atoms with Gasteiger partial charge in [0.05, 0.1) is 11.3 Å². The van der Waals surface area contributed by atoms with Crippen molar-refractivity contribution in [1.82, 2.24) is 5.32 Å². The van der Waals surface area contributed by atoms with Gasteiger partial charge >= 0.3 is 0 Å². The van der Waals surface area contributed by atoms with Crippen molar-refractivity contribution in [3.05, 3.63) is 59.2 Å². The molecule has 2 aromatic rings. The lowest BCUT2D eigenvalue weighted by molar-refractivity contribution is -0.122. The second kappa shape index (κ2) is 10.5. The predicted molar refractivity (Wildman–Crippen MR) is 110 cm³/mol. The molecule has 2 rings (SSSR count). The van der Waals surface area contributed by atoms with Crippen LogP contribution in [-0.4, -0.2) is 38.2 Å². The third-order valence-electron chi connectivity index (χ3n) is 4.24. The van der Waals surface area contributed by atoms with Gasteiger partial charge in [-0.3, -0.25) is 9.59 Å². The Balaban J connectivity index is 2.02. The van der Waals surface area contributed by atoms with E-state index < -0.39 is 6.10 Å². The molecule has 0 aliphatic rings. The summed E-state index contributed by atoms with van der Waals surface area (Å²) < 4.78 is 10.8. The number of carbonyl (C=O) groups excluding carboxylic acids is 2. The van der Waals surface area contributed by atoms with Crippen LogP contribution in [0.25, 0.3) is 0 Å². The van der Waals surface area contributed by atoms with Crippen LogP contribution in [0.1, 0.15) is 34.8 Å². The van der Waals surface area contributed by atoms with Gasteiger partial charge < -0.3 is 20.1 Å². The monoisotopic (exact) mass is 384 g/mol. The number of hydrogen-bond acceptors (Lipinski definition) is 4. The quantitative estimate of drug-likeness (QED) is 0.649. The van der Waals surface area contributed by atoms with Crippen LogP contribution in [0.3, 0.4) is 0 Å². The van der Waals surface area contributed by atoms with Gasteiger partial charge in [-0.1, -0.05) is 29.8 Å². The molecule has 0 bridgehead atoms. The van der Waals surface area contributed by atoms with Gasteiger partial charge in [-0.05, 0) is 51.0 Å². The van der Waals surface area contributed by atoms with Gasteiger partial charge in [-0.25, -0.2) is 0 Å². The second-order valence-electron chi connectivity index (χ2n) is 6.67. The van der Waals surface area contributed by atoms with Gasteiger partial charge in [-0.2, -0.15) is 0 Å². The summed E-state index contributed by atoms with van der Waals surface area (Å²) in [6.45, 7) is 6.70. The van der Waals surface area contributed by atoms with Crippen LogP contribution >= 0.6 is 0 Å². The van der Waals surface area contributed by atoms with Crippen molar-refractivity contribution < 1.29 is 19.1 Å². The third-order valence-corrected chi connectivity index (χ3v) is 4.24. The molecule has 0 heterocycles. The molecule has 1 atom stereocenters. The number of rotatable bonds is 9. The van der Waals surface area contributed by atoms with Gasteiger partial charge in [-0.15, -0.1) is 0 Å². The van der Waals surface area contributed by atoms with Crippen LogP contribution in [0.15, 0.2) is 42.5 Å².